The minimum Gasteiger partial charge on any atom is -0.507 e. The van der Waals surface area contributed by atoms with Crippen molar-refractivity contribution < 1.29 is 24.2 Å². The van der Waals surface area contributed by atoms with Crippen LogP contribution >= 0.6 is 11.6 Å². The van der Waals surface area contributed by atoms with Crippen molar-refractivity contribution in [1.82, 2.24) is 9.80 Å². The Hall–Kier alpha value is -3.03. The molecule has 0 spiro atoms. The molecule has 1 atom stereocenters. The Morgan fingerprint density at radius 1 is 1.12 bits per heavy atom. The number of hydrogen-bond donors (Lipinski definition) is 1. The van der Waals surface area contributed by atoms with Crippen LogP contribution in [0.25, 0.3) is 5.76 Å². The summed E-state index contributed by atoms with van der Waals surface area (Å²) in [6.07, 6.45) is 0. The second-order valence-electron chi connectivity index (χ2n) is 7.65. The van der Waals surface area contributed by atoms with Gasteiger partial charge in [-0.3, -0.25) is 9.59 Å². The number of methoxy groups -OCH3 is 1. The molecule has 0 bridgehead atoms. The summed E-state index contributed by atoms with van der Waals surface area (Å²) >= 11 is 5.96. The molecule has 1 amide bonds. The SMILES string of the molecule is CCOc1ccc([C@@H]2/C(=C(\O)c3ccc(Cl)cc3)C(=O)C(=O)N2CCN(C)C)cc1OC. The van der Waals surface area contributed by atoms with E-state index in [9.17, 15) is 14.7 Å². The zero-order valence-corrected chi connectivity index (χ0v) is 19.3. The van der Waals surface area contributed by atoms with Crippen LogP contribution in [0.1, 0.15) is 24.1 Å². The van der Waals surface area contributed by atoms with Crippen LogP contribution < -0.4 is 9.47 Å². The number of Topliss-reactive ketones (excluding diaryl/α,β-unsaturated/α-hetero) is 1. The summed E-state index contributed by atoms with van der Waals surface area (Å²) in [5, 5.41) is 11.6. The van der Waals surface area contributed by atoms with Gasteiger partial charge in [0.15, 0.2) is 11.5 Å². The topological polar surface area (TPSA) is 79.3 Å². The van der Waals surface area contributed by atoms with Crippen LogP contribution in [0.2, 0.25) is 5.02 Å². The Morgan fingerprint density at radius 2 is 1.81 bits per heavy atom. The van der Waals surface area contributed by atoms with Gasteiger partial charge in [0.2, 0.25) is 0 Å². The molecule has 7 nitrogen and oxygen atoms in total. The fourth-order valence-electron chi connectivity index (χ4n) is 3.66. The number of carbonyl (C=O) groups is 2. The molecule has 1 aliphatic heterocycles. The van der Waals surface area contributed by atoms with Gasteiger partial charge in [-0.05, 0) is 63.0 Å². The van der Waals surface area contributed by atoms with Crippen molar-refractivity contribution in [1.29, 1.82) is 0 Å². The second kappa shape index (κ2) is 10.1. The first-order valence-electron chi connectivity index (χ1n) is 10.3. The van der Waals surface area contributed by atoms with Gasteiger partial charge in [-0.25, -0.2) is 0 Å². The first-order chi connectivity index (χ1) is 15.3. The third-order valence-corrected chi connectivity index (χ3v) is 5.50. The highest BCUT2D eigenvalue weighted by Crippen LogP contribution is 2.42. The number of rotatable bonds is 8. The van der Waals surface area contributed by atoms with Crippen LogP contribution in [0, 0.1) is 0 Å². The van der Waals surface area contributed by atoms with Crippen molar-refractivity contribution in [3.63, 3.8) is 0 Å². The lowest BCUT2D eigenvalue weighted by molar-refractivity contribution is -0.140. The largest absolute Gasteiger partial charge is 0.507 e. The van der Waals surface area contributed by atoms with E-state index in [0.717, 1.165) is 0 Å². The molecule has 32 heavy (non-hydrogen) atoms. The zero-order chi connectivity index (χ0) is 23.4. The van der Waals surface area contributed by atoms with Crippen molar-refractivity contribution >= 4 is 29.1 Å². The quantitative estimate of drug-likeness (QED) is 0.369. The average molecular weight is 459 g/mol. The summed E-state index contributed by atoms with van der Waals surface area (Å²) in [6.45, 7) is 3.21. The van der Waals surface area contributed by atoms with Gasteiger partial charge in [0.1, 0.15) is 5.76 Å². The monoisotopic (exact) mass is 458 g/mol. The van der Waals surface area contributed by atoms with Gasteiger partial charge in [-0.15, -0.1) is 0 Å². The molecule has 2 aromatic carbocycles. The van der Waals surface area contributed by atoms with Crippen molar-refractivity contribution in [3.8, 4) is 11.5 Å². The van der Waals surface area contributed by atoms with Gasteiger partial charge in [-0.1, -0.05) is 17.7 Å². The van der Waals surface area contributed by atoms with E-state index in [4.69, 9.17) is 21.1 Å². The van der Waals surface area contributed by atoms with Gasteiger partial charge in [0.25, 0.3) is 11.7 Å². The van der Waals surface area contributed by atoms with E-state index >= 15 is 0 Å². The summed E-state index contributed by atoms with van der Waals surface area (Å²) in [5.74, 6) is -0.588. The molecule has 1 heterocycles. The van der Waals surface area contributed by atoms with Crippen LogP contribution in [0.15, 0.2) is 48.0 Å². The lowest BCUT2D eigenvalue weighted by Crippen LogP contribution is -2.35. The van der Waals surface area contributed by atoms with Crippen molar-refractivity contribution in [3.05, 3.63) is 64.2 Å². The van der Waals surface area contributed by atoms with E-state index in [0.29, 0.717) is 47.3 Å². The fraction of sp³-hybridized carbons (Fsp3) is 0.333. The summed E-state index contributed by atoms with van der Waals surface area (Å²) in [7, 11) is 5.30. The van der Waals surface area contributed by atoms with Crippen molar-refractivity contribution in [2.24, 2.45) is 0 Å². The molecule has 2 aromatic rings. The lowest BCUT2D eigenvalue weighted by atomic mass is 9.95. The van der Waals surface area contributed by atoms with Crippen LogP contribution in [-0.4, -0.2) is 67.5 Å². The molecule has 1 N–H and O–H groups in total. The highest BCUT2D eigenvalue weighted by atomic mass is 35.5. The lowest BCUT2D eigenvalue weighted by Gasteiger charge is -2.27. The minimum atomic E-state index is -0.768. The first kappa shape index (κ1) is 23.6. The molecule has 1 fully saturated rings. The Kier molecular flexibility index (Phi) is 7.43. The Morgan fingerprint density at radius 3 is 2.41 bits per heavy atom. The predicted octanol–water partition coefficient (Wildman–Crippen LogP) is 3.73. The number of likely N-dealkylation sites (N-methyl/N-ethyl adjacent to an activating group) is 1. The van der Waals surface area contributed by atoms with E-state index in [1.165, 1.54) is 12.0 Å². The van der Waals surface area contributed by atoms with Gasteiger partial charge < -0.3 is 24.4 Å². The average Bonchev–Trinajstić information content (AvgIpc) is 3.03. The number of halogens is 1. The van der Waals surface area contributed by atoms with Crippen molar-refractivity contribution in [2.45, 2.75) is 13.0 Å². The number of ketones is 1. The smallest absolute Gasteiger partial charge is 0.295 e. The highest BCUT2D eigenvalue weighted by molar-refractivity contribution is 6.46. The molecule has 0 unspecified atom stereocenters. The number of hydrogen-bond acceptors (Lipinski definition) is 6. The molecule has 0 radical (unpaired) electrons. The van der Waals surface area contributed by atoms with E-state index in [1.807, 2.05) is 25.9 Å². The van der Waals surface area contributed by atoms with Gasteiger partial charge in [-0.2, -0.15) is 0 Å². The molecule has 170 valence electrons. The normalized spacial score (nSPS) is 17.8. The number of aliphatic hydroxyl groups excluding tert-OH is 1. The van der Waals surface area contributed by atoms with Gasteiger partial charge >= 0.3 is 0 Å². The molecule has 3 rings (SSSR count). The van der Waals surface area contributed by atoms with E-state index < -0.39 is 17.7 Å². The molecular formula is C24H27ClN2O5. The number of ether oxygens (including phenoxy) is 2. The number of likely N-dealkylation sites (tertiary alicyclic amines) is 1. The van der Waals surface area contributed by atoms with E-state index in [1.54, 1.807) is 42.5 Å². The summed E-state index contributed by atoms with van der Waals surface area (Å²) < 4.78 is 11.1. The van der Waals surface area contributed by atoms with Crippen molar-refractivity contribution in [2.75, 3.05) is 40.9 Å². The Bertz CT molecular complexity index is 1030. The zero-order valence-electron chi connectivity index (χ0n) is 18.6. The molecule has 1 saturated heterocycles. The summed E-state index contributed by atoms with van der Waals surface area (Å²) in [6, 6.07) is 10.9. The van der Waals surface area contributed by atoms with E-state index in [-0.39, 0.29) is 11.3 Å². The maximum Gasteiger partial charge on any atom is 0.295 e. The minimum absolute atomic E-state index is 0.0299. The summed E-state index contributed by atoms with van der Waals surface area (Å²) in [5.41, 5.74) is 1.07. The maximum atomic E-state index is 13.0. The second-order valence-corrected chi connectivity index (χ2v) is 8.08. The first-order valence-corrected chi connectivity index (χ1v) is 10.7. The van der Waals surface area contributed by atoms with Gasteiger partial charge in [0, 0.05) is 23.7 Å². The molecule has 0 saturated carbocycles. The van der Waals surface area contributed by atoms with Crippen LogP contribution in [0.3, 0.4) is 0 Å². The fourth-order valence-corrected chi connectivity index (χ4v) is 3.78. The Balaban J connectivity index is 2.16. The Labute approximate surface area is 192 Å². The molecule has 0 aromatic heterocycles. The summed E-state index contributed by atoms with van der Waals surface area (Å²) in [4.78, 5) is 29.4. The van der Waals surface area contributed by atoms with Crippen LogP contribution in [-0.2, 0) is 9.59 Å². The third-order valence-electron chi connectivity index (χ3n) is 5.25. The van der Waals surface area contributed by atoms with E-state index in [2.05, 4.69) is 0 Å². The molecule has 8 heteroatoms. The van der Waals surface area contributed by atoms with Gasteiger partial charge in [0.05, 0.1) is 25.3 Å². The van der Waals surface area contributed by atoms with Crippen LogP contribution in [0.4, 0.5) is 0 Å². The van der Waals surface area contributed by atoms with Crippen LogP contribution in [0.5, 0.6) is 11.5 Å². The number of benzene rings is 2. The highest BCUT2D eigenvalue weighted by Gasteiger charge is 2.46. The standard InChI is InChI=1S/C24H27ClN2O5/c1-5-32-18-11-8-16(14-19(18)31-4)21-20(22(28)15-6-9-17(25)10-7-15)23(29)24(30)27(21)13-12-26(2)3/h6-11,14,21,28H,5,12-13H2,1-4H3/b22-20+/t21-/m1/s1. The third kappa shape index (κ3) is 4.74. The number of amides is 1. The molecule has 1 aliphatic rings. The number of carbonyl (C=O) groups excluding carboxylic acids is 2. The number of aliphatic hydroxyl groups is 1. The molecular weight excluding hydrogens is 432 g/mol. The number of nitrogens with zero attached hydrogens (tertiary/aromatic N) is 2. The maximum absolute atomic E-state index is 13.0. The molecule has 0 aliphatic carbocycles. The predicted molar refractivity (Wildman–Crippen MR) is 123 cm³/mol.